The zero-order valence-electron chi connectivity index (χ0n) is 12.3. The predicted molar refractivity (Wildman–Crippen MR) is 85.3 cm³/mol. The Hall–Kier alpha value is -1.20. The van der Waals surface area contributed by atoms with Crippen LogP contribution < -0.4 is 10.6 Å². The molecule has 0 spiro atoms. The molecule has 112 valence electrons. The number of urea groups is 1. The first-order valence-corrected chi connectivity index (χ1v) is 8.20. The van der Waals surface area contributed by atoms with Crippen molar-refractivity contribution < 1.29 is 9.90 Å². The van der Waals surface area contributed by atoms with Gasteiger partial charge in [0.15, 0.2) is 0 Å². The average molecular weight is 296 g/mol. The van der Waals surface area contributed by atoms with Gasteiger partial charge in [0.05, 0.1) is 11.8 Å². The molecule has 0 radical (unpaired) electrons. The van der Waals surface area contributed by atoms with Crippen molar-refractivity contribution in [1.82, 2.24) is 5.32 Å². The van der Waals surface area contributed by atoms with Crippen LogP contribution in [-0.2, 0) is 0 Å². The van der Waals surface area contributed by atoms with Crippen LogP contribution in [0.3, 0.4) is 0 Å². The van der Waals surface area contributed by atoms with Crippen molar-refractivity contribution in [2.24, 2.45) is 5.92 Å². The van der Waals surface area contributed by atoms with Gasteiger partial charge in [-0.3, -0.25) is 0 Å². The van der Waals surface area contributed by atoms with Crippen LogP contribution in [0.2, 0.25) is 0 Å². The zero-order chi connectivity index (χ0) is 15.0. The molecule has 0 saturated heterocycles. The molecule has 0 bridgehead atoms. The highest BCUT2D eigenvalue weighted by atomic mass is 32.2. The second kappa shape index (κ2) is 8.87. The topological polar surface area (TPSA) is 61.4 Å². The van der Waals surface area contributed by atoms with Gasteiger partial charge in [0.1, 0.15) is 0 Å². The van der Waals surface area contributed by atoms with E-state index in [2.05, 4.69) is 10.6 Å². The predicted octanol–water partition coefficient (Wildman–Crippen LogP) is 3.33. The number of benzene rings is 1. The van der Waals surface area contributed by atoms with Gasteiger partial charge in [0, 0.05) is 11.4 Å². The van der Waals surface area contributed by atoms with Gasteiger partial charge in [0.25, 0.3) is 0 Å². The van der Waals surface area contributed by atoms with Crippen molar-refractivity contribution in [2.75, 3.05) is 18.1 Å². The van der Waals surface area contributed by atoms with Crippen LogP contribution in [0.1, 0.15) is 26.7 Å². The van der Waals surface area contributed by atoms with Crippen molar-refractivity contribution >= 4 is 23.5 Å². The minimum absolute atomic E-state index is 0.230. The molecule has 0 saturated carbocycles. The minimum Gasteiger partial charge on any atom is -0.391 e. The lowest BCUT2D eigenvalue weighted by Crippen LogP contribution is -2.38. The van der Waals surface area contributed by atoms with Crippen LogP contribution in [0.15, 0.2) is 29.2 Å². The third kappa shape index (κ3) is 5.06. The van der Waals surface area contributed by atoms with Gasteiger partial charge in [-0.05, 0) is 24.3 Å². The van der Waals surface area contributed by atoms with Gasteiger partial charge in [-0.2, -0.15) is 0 Å². The molecule has 0 aliphatic carbocycles. The molecule has 0 heterocycles. The van der Waals surface area contributed by atoms with E-state index in [0.29, 0.717) is 0 Å². The molecule has 0 aromatic heterocycles. The summed E-state index contributed by atoms with van der Waals surface area (Å²) in [5.74, 6) is 0.230. The Morgan fingerprint density at radius 1 is 1.30 bits per heavy atom. The molecule has 0 aliphatic rings. The monoisotopic (exact) mass is 296 g/mol. The fourth-order valence-electron chi connectivity index (χ4n) is 2.11. The summed E-state index contributed by atoms with van der Waals surface area (Å²) in [5, 5.41) is 15.5. The van der Waals surface area contributed by atoms with E-state index in [9.17, 15) is 9.90 Å². The number of thioether (sulfide) groups is 1. The second-order valence-corrected chi connectivity index (χ2v) is 5.53. The maximum atomic E-state index is 11.8. The van der Waals surface area contributed by atoms with Crippen molar-refractivity contribution in [3.8, 4) is 0 Å². The average Bonchev–Trinajstić information content (AvgIpc) is 2.47. The summed E-state index contributed by atoms with van der Waals surface area (Å²) in [6, 6.07) is 7.36. The highest BCUT2D eigenvalue weighted by Crippen LogP contribution is 2.24. The van der Waals surface area contributed by atoms with Crippen LogP contribution in [0.4, 0.5) is 10.5 Å². The van der Waals surface area contributed by atoms with Gasteiger partial charge in [-0.25, -0.2) is 4.79 Å². The standard InChI is InChI=1S/C15H24N2O2S/c1-4-11(5-2)13(18)10-16-15(19)17-12-8-6-7-9-14(12)20-3/h6-9,11,13,18H,4-5,10H2,1-3H3,(H2,16,17,19). The number of rotatable bonds is 7. The molecule has 0 fully saturated rings. The van der Waals surface area contributed by atoms with Crippen molar-refractivity contribution in [3.63, 3.8) is 0 Å². The number of hydrogen-bond donors (Lipinski definition) is 3. The Bertz CT molecular complexity index is 422. The van der Waals surface area contributed by atoms with Gasteiger partial charge in [-0.15, -0.1) is 11.8 Å². The number of aliphatic hydroxyl groups excluding tert-OH is 1. The van der Waals surface area contributed by atoms with Crippen LogP contribution in [0.25, 0.3) is 0 Å². The fourth-order valence-corrected chi connectivity index (χ4v) is 2.66. The maximum absolute atomic E-state index is 11.8. The van der Waals surface area contributed by atoms with E-state index in [0.717, 1.165) is 23.4 Å². The number of amides is 2. The summed E-state index contributed by atoms with van der Waals surface area (Å²) in [7, 11) is 0. The largest absolute Gasteiger partial charge is 0.391 e. The zero-order valence-corrected chi connectivity index (χ0v) is 13.2. The van der Waals surface area contributed by atoms with E-state index in [1.165, 1.54) is 0 Å². The highest BCUT2D eigenvalue weighted by molar-refractivity contribution is 7.98. The highest BCUT2D eigenvalue weighted by Gasteiger charge is 2.16. The Morgan fingerprint density at radius 2 is 1.95 bits per heavy atom. The third-order valence-electron chi connectivity index (χ3n) is 3.42. The normalized spacial score (nSPS) is 12.2. The molecule has 1 atom stereocenters. The summed E-state index contributed by atoms with van der Waals surface area (Å²) < 4.78 is 0. The fraction of sp³-hybridized carbons (Fsp3) is 0.533. The quantitative estimate of drug-likeness (QED) is 0.676. The Morgan fingerprint density at radius 3 is 2.55 bits per heavy atom. The van der Waals surface area contributed by atoms with E-state index in [1.807, 2.05) is 44.4 Å². The number of anilines is 1. The number of carbonyl (C=O) groups is 1. The lowest BCUT2D eigenvalue weighted by molar-refractivity contribution is 0.104. The second-order valence-electron chi connectivity index (χ2n) is 4.68. The Balaban J connectivity index is 2.48. The molecule has 5 heteroatoms. The number of hydrogen-bond acceptors (Lipinski definition) is 3. The number of aliphatic hydroxyl groups is 1. The molecule has 4 nitrogen and oxygen atoms in total. The van der Waals surface area contributed by atoms with Gasteiger partial charge in [-0.1, -0.05) is 38.8 Å². The van der Waals surface area contributed by atoms with E-state index in [-0.39, 0.29) is 18.5 Å². The molecule has 1 aromatic rings. The van der Waals surface area contributed by atoms with E-state index >= 15 is 0 Å². The van der Waals surface area contributed by atoms with E-state index in [1.54, 1.807) is 11.8 Å². The van der Waals surface area contributed by atoms with E-state index in [4.69, 9.17) is 0 Å². The molecular weight excluding hydrogens is 272 g/mol. The molecular formula is C15H24N2O2S. The van der Waals surface area contributed by atoms with E-state index < -0.39 is 6.10 Å². The molecule has 0 aliphatic heterocycles. The Kier molecular flexibility index (Phi) is 7.47. The SMILES string of the molecule is CCC(CC)C(O)CNC(=O)Nc1ccccc1SC. The van der Waals surface area contributed by atoms with Crippen LogP contribution in [0.5, 0.6) is 0 Å². The summed E-state index contributed by atoms with van der Waals surface area (Å²) in [6.45, 7) is 4.37. The number of para-hydroxylation sites is 1. The van der Waals surface area contributed by atoms with Gasteiger partial charge in [0.2, 0.25) is 0 Å². The molecule has 1 unspecified atom stereocenters. The first kappa shape index (κ1) is 16.9. The number of carbonyl (C=O) groups excluding carboxylic acids is 1. The third-order valence-corrected chi connectivity index (χ3v) is 4.22. The van der Waals surface area contributed by atoms with Crippen molar-refractivity contribution in [2.45, 2.75) is 37.7 Å². The molecule has 2 amide bonds. The first-order valence-electron chi connectivity index (χ1n) is 6.98. The van der Waals surface area contributed by atoms with Crippen molar-refractivity contribution in [3.05, 3.63) is 24.3 Å². The summed E-state index contributed by atoms with van der Waals surface area (Å²) >= 11 is 1.58. The summed E-state index contributed by atoms with van der Waals surface area (Å²) in [6.07, 6.45) is 3.30. The summed E-state index contributed by atoms with van der Waals surface area (Å²) in [5.41, 5.74) is 0.787. The van der Waals surface area contributed by atoms with Gasteiger partial charge < -0.3 is 15.7 Å². The Labute approximate surface area is 125 Å². The molecule has 20 heavy (non-hydrogen) atoms. The maximum Gasteiger partial charge on any atom is 0.319 e. The van der Waals surface area contributed by atoms with Crippen LogP contribution >= 0.6 is 11.8 Å². The molecule has 1 rings (SSSR count). The lowest BCUT2D eigenvalue weighted by Gasteiger charge is -2.20. The van der Waals surface area contributed by atoms with Gasteiger partial charge >= 0.3 is 6.03 Å². The molecule has 1 aromatic carbocycles. The smallest absolute Gasteiger partial charge is 0.319 e. The van der Waals surface area contributed by atoms with Crippen LogP contribution in [-0.4, -0.2) is 30.0 Å². The lowest BCUT2D eigenvalue weighted by atomic mass is 9.97. The van der Waals surface area contributed by atoms with Crippen molar-refractivity contribution in [1.29, 1.82) is 0 Å². The first-order chi connectivity index (χ1) is 9.62. The molecule has 3 N–H and O–H groups in total. The number of nitrogens with one attached hydrogen (secondary N) is 2. The summed E-state index contributed by atoms with van der Waals surface area (Å²) in [4.78, 5) is 12.9. The minimum atomic E-state index is -0.494. The van der Waals surface area contributed by atoms with Crippen LogP contribution in [0, 0.1) is 5.92 Å².